The van der Waals surface area contributed by atoms with Crippen LogP contribution in [-0.2, 0) is 36.3 Å². The molecular formula is C19H21N3O5S2. The average Bonchev–Trinajstić information content (AvgIpc) is 2.97. The second-order valence-corrected chi connectivity index (χ2v) is 10.2. The van der Waals surface area contributed by atoms with Gasteiger partial charge in [0.15, 0.2) is 9.17 Å². The summed E-state index contributed by atoms with van der Waals surface area (Å²) in [6.45, 7) is 2.20. The summed E-state index contributed by atoms with van der Waals surface area (Å²) in [7, 11) is -1.14. The van der Waals surface area contributed by atoms with Crippen molar-refractivity contribution >= 4 is 32.3 Å². The van der Waals surface area contributed by atoms with Crippen LogP contribution < -0.4 is 4.72 Å². The number of nitrogens with zero attached hydrogens (tertiary/aromatic N) is 2. The van der Waals surface area contributed by atoms with Crippen LogP contribution in [0, 0.1) is 0 Å². The van der Waals surface area contributed by atoms with Gasteiger partial charge in [-0.25, -0.2) is 18.2 Å². The molecule has 1 aliphatic carbocycles. The van der Waals surface area contributed by atoms with Crippen LogP contribution in [0.4, 0.5) is 0 Å². The number of esters is 1. The zero-order chi connectivity index (χ0) is 20.9. The molecule has 8 nitrogen and oxygen atoms in total. The van der Waals surface area contributed by atoms with Crippen molar-refractivity contribution in [3.8, 4) is 0 Å². The summed E-state index contributed by atoms with van der Waals surface area (Å²) in [4.78, 5) is 17.5. The molecule has 2 aromatic heterocycles. The Morgan fingerprint density at radius 3 is 2.62 bits per heavy atom. The number of thiazole rings is 1. The van der Waals surface area contributed by atoms with Crippen molar-refractivity contribution < 1.29 is 22.7 Å². The minimum absolute atomic E-state index is 0.0783. The van der Waals surface area contributed by atoms with Gasteiger partial charge in [-0.15, -0.1) is 0 Å². The Hall–Kier alpha value is -2.27. The van der Waals surface area contributed by atoms with Crippen molar-refractivity contribution in [1.82, 2.24) is 14.1 Å². The molecule has 0 amide bonds. The van der Waals surface area contributed by atoms with Crippen LogP contribution >= 0.6 is 11.3 Å². The molecule has 1 saturated carbocycles. The number of ether oxygens (including phenoxy) is 2. The largest absolute Gasteiger partial charge is 0.468 e. The predicted molar refractivity (Wildman–Crippen MR) is 107 cm³/mol. The van der Waals surface area contributed by atoms with Crippen molar-refractivity contribution in [3.63, 3.8) is 0 Å². The molecule has 1 fully saturated rings. The Kier molecular flexibility index (Phi) is 4.77. The van der Waals surface area contributed by atoms with Crippen LogP contribution in [0.15, 0.2) is 46.9 Å². The maximum absolute atomic E-state index is 13.1. The Labute approximate surface area is 172 Å². The molecule has 2 atom stereocenters. The highest BCUT2D eigenvalue weighted by molar-refractivity contribution is 7.91. The van der Waals surface area contributed by atoms with Gasteiger partial charge in [0.25, 0.3) is 10.0 Å². The summed E-state index contributed by atoms with van der Waals surface area (Å²) < 4.78 is 40.6. The molecular weight excluding hydrogens is 414 g/mol. The van der Waals surface area contributed by atoms with Crippen LogP contribution in [0.2, 0.25) is 0 Å². The quantitative estimate of drug-likeness (QED) is 0.571. The lowest BCUT2D eigenvalue weighted by molar-refractivity contribution is -0.144. The molecule has 0 radical (unpaired) electrons. The van der Waals surface area contributed by atoms with Gasteiger partial charge in [0.2, 0.25) is 0 Å². The lowest BCUT2D eigenvalue weighted by Gasteiger charge is -2.22. The van der Waals surface area contributed by atoms with Gasteiger partial charge in [-0.3, -0.25) is 4.40 Å². The molecule has 4 rings (SSSR count). The second kappa shape index (κ2) is 6.91. The van der Waals surface area contributed by atoms with E-state index >= 15 is 0 Å². The van der Waals surface area contributed by atoms with E-state index in [0.29, 0.717) is 23.7 Å². The van der Waals surface area contributed by atoms with Crippen LogP contribution in [-0.4, -0.2) is 43.5 Å². The highest BCUT2D eigenvalue weighted by Gasteiger charge is 2.72. The van der Waals surface area contributed by atoms with Crippen LogP contribution in [0.3, 0.4) is 0 Å². The first-order chi connectivity index (χ1) is 13.8. The van der Waals surface area contributed by atoms with Crippen LogP contribution in [0.25, 0.3) is 4.96 Å². The number of hydrogen-bond donors (Lipinski definition) is 1. The molecule has 2 heterocycles. The van der Waals surface area contributed by atoms with Gasteiger partial charge in [0.1, 0.15) is 5.54 Å². The number of methoxy groups -OCH3 is 2. The minimum Gasteiger partial charge on any atom is -0.468 e. The molecule has 1 aromatic carbocycles. The smallest absolute Gasteiger partial charge is 0.328 e. The van der Waals surface area contributed by atoms with Gasteiger partial charge in [-0.2, -0.15) is 4.72 Å². The first-order valence-electron chi connectivity index (χ1n) is 8.90. The molecule has 0 bridgehead atoms. The molecule has 3 aromatic rings. The zero-order valence-corrected chi connectivity index (χ0v) is 17.8. The highest BCUT2D eigenvalue weighted by atomic mass is 32.2. The molecule has 10 heteroatoms. The third kappa shape index (κ3) is 3.16. The van der Waals surface area contributed by atoms with Gasteiger partial charge < -0.3 is 9.47 Å². The number of benzene rings is 1. The number of fused-ring (bicyclic) bond motifs is 1. The van der Waals surface area contributed by atoms with E-state index in [1.165, 1.54) is 13.3 Å². The number of hydrogen-bond acceptors (Lipinski definition) is 7. The predicted octanol–water partition coefficient (Wildman–Crippen LogP) is 2.09. The van der Waals surface area contributed by atoms with Crippen molar-refractivity contribution in [2.75, 3.05) is 14.2 Å². The van der Waals surface area contributed by atoms with Crippen LogP contribution in [0.1, 0.15) is 24.6 Å². The van der Waals surface area contributed by atoms with E-state index in [1.807, 2.05) is 37.3 Å². The molecule has 29 heavy (non-hydrogen) atoms. The zero-order valence-electron chi connectivity index (χ0n) is 16.2. The summed E-state index contributed by atoms with van der Waals surface area (Å²) in [6, 6.07) is 9.37. The first kappa shape index (κ1) is 20.0. The minimum atomic E-state index is -3.97. The highest BCUT2D eigenvalue weighted by Crippen LogP contribution is 2.58. The maximum atomic E-state index is 13.1. The number of rotatable bonds is 7. The maximum Gasteiger partial charge on any atom is 0.328 e. The lowest BCUT2D eigenvalue weighted by atomic mass is 9.93. The molecule has 1 aliphatic rings. The Balaban J connectivity index is 1.68. The Morgan fingerprint density at radius 2 is 2.00 bits per heavy atom. The number of carbonyl (C=O) groups excluding carboxylic acids is 1. The van der Waals surface area contributed by atoms with E-state index < -0.39 is 26.9 Å². The third-order valence-corrected chi connectivity index (χ3v) is 8.38. The van der Waals surface area contributed by atoms with E-state index in [1.54, 1.807) is 17.7 Å². The van der Waals surface area contributed by atoms with Gasteiger partial charge in [0.05, 0.1) is 19.4 Å². The first-order valence-corrected chi connectivity index (χ1v) is 11.2. The van der Waals surface area contributed by atoms with Crippen molar-refractivity contribution in [3.05, 3.63) is 54.0 Å². The average molecular weight is 436 g/mol. The molecule has 0 aliphatic heterocycles. The third-order valence-electron chi connectivity index (χ3n) is 5.43. The fourth-order valence-corrected chi connectivity index (χ4v) is 6.45. The Bertz CT molecular complexity index is 1140. The number of nitrogens with one attached hydrogen (secondary N) is 1. The van der Waals surface area contributed by atoms with E-state index in [-0.39, 0.29) is 4.21 Å². The van der Waals surface area contributed by atoms with Gasteiger partial charge in [0, 0.05) is 24.9 Å². The molecule has 0 spiro atoms. The van der Waals surface area contributed by atoms with Crippen molar-refractivity contribution in [2.24, 2.45) is 0 Å². The number of aromatic nitrogens is 2. The number of sulfonamides is 1. The van der Waals surface area contributed by atoms with Crippen LogP contribution in [0.5, 0.6) is 0 Å². The summed E-state index contributed by atoms with van der Waals surface area (Å²) in [5, 5.41) is 0. The molecule has 0 saturated heterocycles. The fraction of sp³-hybridized carbons (Fsp3) is 0.368. The SMILES string of the molecule is COCc1cn2cc(S(=O)(=O)N[C@@]3(C(=O)OC)C[C@]3(C)c3ccccc3)sc2n1. The molecule has 1 N–H and O–H groups in total. The lowest BCUT2D eigenvalue weighted by Crippen LogP contribution is -2.48. The van der Waals surface area contributed by atoms with Gasteiger partial charge in [-0.05, 0) is 12.0 Å². The van der Waals surface area contributed by atoms with E-state index in [4.69, 9.17) is 9.47 Å². The second-order valence-electron chi connectivity index (χ2n) is 7.28. The fourth-order valence-electron chi connectivity index (χ4n) is 3.75. The molecule has 0 unspecified atom stereocenters. The summed E-state index contributed by atoms with van der Waals surface area (Å²) in [5.41, 5.74) is -0.467. The number of carbonyl (C=O) groups is 1. The van der Waals surface area contributed by atoms with E-state index in [2.05, 4.69) is 9.71 Å². The van der Waals surface area contributed by atoms with E-state index in [9.17, 15) is 13.2 Å². The number of imidazole rings is 1. The van der Waals surface area contributed by atoms with Gasteiger partial charge in [-0.1, -0.05) is 48.6 Å². The monoisotopic (exact) mass is 435 g/mol. The summed E-state index contributed by atoms with van der Waals surface area (Å²) in [6.07, 6.45) is 3.52. The standard InChI is InChI=1S/C19H21N3O5S2/c1-18(13-7-5-4-6-8-13)12-19(18,16(23)27-3)21-29(24,25)15-10-22-9-14(11-26-2)20-17(22)28-15/h4-10,21H,11-12H2,1-3H3/t18-,19-/m1/s1. The molecule has 154 valence electrons. The summed E-state index contributed by atoms with van der Waals surface area (Å²) >= 11 is 1.03. The van der Waals surface area contributed by atoms with Gasteiger partial charge >= 0.3 is 5.97 Å². The summed E-state index contributed by atoms with van der Waals surface area (Å²) in [5.74, 6) is -0.601. The Morgan fingerprint density at radius 1 is 1.28 bits per heavy atom. The van der Waals surface area contributed by atoms with Crippen molar-refractivity contribution in [2.45, 2.75) is 35.1 Å². The van der Waals surface area contributed by atoms with Crippen molar-refractivity contribution in [1.29, 1.82) is 0 Å². The topological polar surface area (TPSA) is 99.0 Å². The normalized spacial score (nSPS) is 24.0. The van der Waals surface area contributed by atoms with E-state index in [0.717, 1.165) is 16.9 Å².